The number of benzene rings is 1. The van der Waals surface area contributed by atoms with Crippen molar-refractivity contribution in [2.45, 2.75) is 33.6 Å². The van der Waals surface area contributed by atoms with Crippen molar-refractivity contribution in [3.05, 3.63) is 53.3 Å². The smallest absolute Gasteiger partial charge is 0.122 e. The Kier molecular flexibility index (Phi) is 5.55. The average Bonchev–Trinajstić information content (AvgIpc) is 2.35. The van der Waals surface area contributed by atoms with Crippen molar-refractivity contribution in [3.63, 3.8) is 0 Å². The Morgan fingerprint density at radius 1 is 1.06 bits per heavy atom. The van der Waals surface area contributed by atoms with Gasteiger partial charge < -0.3 is 4.74 Å². The first-order valence-corrected chi connectivity index (χ1v) is 6.24. The molecule has 0 aliphatic carbocycles. The molecule has 0 saturated carbocycles. The van der Waals surface area contributed by atoms with Gasteiger partial charge in [0, 0.05) is 5.57 Å². The summed E-state index contributed by atoms with van der Waals surface area (Å²) in [7, 11) is 1.74. The minimum atomic E-state index is 0.971. The largest absolute Gasteiger partial charge is 0.496 e. The van der Waals surface area contributed by atoms with Gasteiger partial charge in [-0.2, -0.15) is 0 Å². The van der Waals surface area contributed by atoms with E-state index in [2.05, 4.69) is 57.2 Å². The molecule has 0 unspecified atom stereocenters. The topological polar surface area (TPSA) is 9.23 Å². The average molecular weight is 230 g/mol. The molecule has 0 fully saturated rings. The molecule has 0 saturated heterocycles. The summed E-state index contributed by atoms with van der Waals surface area (Å²) >= 11 is 0. The van der Waals surface area contributed by atoms with Crippen molar-refractivity contribution in [2.75, 3.05) is 7.11 Å². The first-order chi connectivity index (χ1) is 8.22. The standard InChI is InChI=1S/C16H22O/c1-5-7-15(16(17-4)8-6-2)14-11-9-13(3)10-12-14/h7-12H,5-6H2,1-4H3/b15-7-,16-8+. The third-order valence-corrected chi connectivity index (χ3v) is 2.65. The molecule has 0 aliphatic heterocycles. The first-order valence-electron chi connectivity index (χ1n) is 6.24. The number of hydrogen-bond donors (Lipinski definition) is 0. The zero-order chi connectivity index (χ0) is 12.7. The van der Waals surface area contributed by atoms with Gasteiger partial charge in [-0.25, -0.2) is 0 Å². The molecule has 1 nitrogen and oxygen atoms in total. The molecular weight excluding hydrogens is 208 g/mol. The van der Waals surface area contributed by atoms with Crippen molar-refractivity contribution in [3.8, 4) is 0 Å². The molecule has 0 spiro atoms. The van der Waals surface area contributed by atoms with Gasteiger partial charge in [-0.05, 0) is 31.4 Å². The van der Waals surface area contributed by atoms with Gasteiger partial charge in [-0.1, -0.05) is 49.8 Å². The Labute approximate surface area is 105 Å². The molecule has 0 atom stereocenters. The fourth-order valence-electron chi connectivity index (χ4n) is 1.79. The van der Waals surface area contributed by atoms with Crippen molar-refractivity contribution >= 4 is 5.57 Å². The van der Waals surface area contributed by atoms with Crippen LogP contribution in [0, 0.1) is 6.92 Å². The van der Waals surface area contributed by atoms with E-state index in [1.807, 2.05) is 0 Å². The Balaban J connectivity index is 3.13. The van der Waals surface area contributed by atoms with Crippen LogP contribution >= 0.6 is 0 Å². The van der Waals surface area contributed by atoms with Crippen LogP contribution < -0.4 is 0 Å². The Hall–Kier alpha value is -1.50. The highest BCUT2D eigenvalue weighted by Gasteiger charge is 2.07. The lowest BCUT2D eigenvalue weighted by molar-refractivity contribution is 0.309. The van der Waals surface area contributed by atoms with Crippen molar-refractivity contribution in [2.24, 2.45) is 0 Å². The minimum absolute atomic E-state index is 0.971. The van der Waals surface area contributed by atoms with E-state index in [0.717, 1.165) is 18.6 Å². The molecule has 1 aromatic carbocycles. The van der Waals surface area contributed by atoms with Gasteiger partial charge in [0.15, 0.2) is 0 Å². The normalized spacial score (nSPS) is 12.7. The Morgan fingerprint density at radius 3 is 2.12 bits per heavy atom. The van der Waals surface area contributed by atoms with Crippen molar-refractivity contribution < 1.29 is 4.74 Å². The number of hydrogen-bond acceptors (Lipinski definition) is 1. The maximum absolute atomic E-state index is 5.48. The zero-order valence-electron chi connectivity index (χ0n) is 11.3. The van der Waals surface area contributed by atoms with Gasteiger partial charge in [-0.3, -0.25) is 0 Å². The fraction of sp³-hybridized carbons (Fsp3) is 0.375. The highest BCUT2D eigenvalue weighted by Crippen LogP contribution is 2.25. The number of ether oxygens (including phenoxy) is 1. The van der Waals surface area contributed by atoms with Crippen LogP contribution in [0.3, 0.4) is 0 Å². The van der Waals surface area contributed by atoms with Gasteiger partial charge in [-0.15, -0.1) is 0 Å². The van der Waals surface area contributed by atoms with E-state index in [0.29, 0.717) is 0 Å². The molecule has 1 rings (SSSR count). The molecule has 0 bridgehead atoms. The van der Waals surface area contributed by atoms with Crippen LogP contribution in [0.15, 0.2) is 42.2 Å². The zero-order valence-corrected chi connectivity index (χ0v) is 11.3. The second-order valence-corrected chi connectivity index (χ2v) is 4.07. The van der Waals surface area contributed by atoms with Gasteiger partial charge in [0.1, 0.15) is 5.76 Å². The molecule has 0 radical (unpaired) electrons. The second-order valence-electron chi connectivity index (χ2n) is 4.07. The summed E-state index contributed by atoms with van der Waals surface area (Å²) in [5.41, 5.74) is 3.69. The maximum Gasteiger partial charge on any atom is 0.122 e. The van der Waals surface area contributed by atoms with E-state index >= 15 is 0 Å². The van der Waals surface area contributed by atoms with E-state index in [9.17, 15) is 0 Å². The van der Waals surface area contributed by atoms with E-state index in [1.54, 1.807) is 7.11 Å². The summed E-state index contributed by atoms with van der Waals surface area (Å²) in [4.78, 5) is 0. The molecule has 1 aromatic rings. The molecule has 0 amide bonds. The van der Waals surface area contributed by atoms with Crippen LogP contribution in [0.1, 0.15) is 37.8 Å². The van der Waals surface area contributed by atoms with Crippen LogP contribution in [-0.4, -0.2) is 7.11 Å². The van der Waals surface area contributed by atoms with Crippen LogP contribution in [0.25, 0.3) is 5.57 Å². The van der Waals surface area contributed by atoms with Crippen molar-refractivity contribution in [1.29, 1.82) is 0 Å². The van der Waals surface area contributed by atoms with Crippen LogP contribution in [0.4, 0.5) is 0 Å². The van der Waals surface area contributed by atoms with E-state index in [1.165, 1.54) is 16.7 Å². The summed E-state index contributed by atoms with van der Waals surface area (Å²) in [6.45, 7) is 6.37. The molecule has 0 heterocycles. The number of aryl methyl sites for hydroxylation is 1. The molecule has 0 aromatic heterocycles. The monoisotopic (exact) mass is 230 g/mol. The summed E-state index contributed by atoms with van der Waals surface area (Å²) < 4.78 is 5.48. The van der Waals surface area contributed by atoms with Crippen LogP contribution in [-0.2, 0) is 4.74 Å². The first kappa shape index (κ1) is 13.6. The molecule has 92 valence electrons. The summed E-state index contributed by atoms with van der Waals surface area (Å²) in [6.07, 6.45) is 6.33. The number of rotatable bonds is 5. The summed E-state index contributed by atoms with van der Waals surface area (Å²) in [5, 5.41) is 0. The maximum atomic E-state index is 5.48. The molecule has 0 aliphatic rings. The minimum Gasteiger partial charge on any atom is -0.496 e. The number of allylic oxidation sites excluding steroid dienone is 3. The fourth-order valence-corrected chi connectivity index (χ4v) is 1.79. The van der Waals surface area contributed by atoms with E-state index < -0.39 is 0 Å². The lowest BCUT2D eigenvalue weighted by atomic mass is 10.0. The second kappa shape index (κ2) is 6.95. The lowest BCUT2D eigenvalue weighted by Crippen LogP contribution is -1.93. The number of methoxy groups -OCH3 is 1. The highest BCUT2D eigenvalue weighted by atomic mass is 16.5. The lowest BCUT2D eigenvalue weighted by Gasteiger charge is -2.12. The van der Waals surface area contributed by atoms with Crippen molar-refractivity contribution in [1.82, 2.24) is 0 Å². The van der Waals surface area contributed by atoms with Gasteiger partial charge in [0.05, 0.1) is 7.11 Å². The highest BCUT2D eigenvalue weighted by molar-refractivity contribution is 5.77. The molecule has 0 N–H and O–H groups in total. The molecular formula is C16H22O. The van der Waals surface area contributed by atoms with Gasteiger partial charge in [0.2, 0.25) is 0 Å². The summed E-state index contributed by atoms with van der Waals surface area (Å²) in [5.74, 6) is 0.971. The van der Waals surface area contributed by atoms with E-state index in [-0.39, 0.29) is 0 Å². The molecule has 1 heteroatoms. The Morgan fingerprint density at radius 2 is 1.65 bits per heavy atom. The Bertz CT molecular complexity index is 396. The van der Waals surface area contributed by atoms with Crippen LogP contribution in [0.5, 0.6) is 0 Å². The van der Waals surface area contributed by atoms with Gasteiger partial charge in [0.25, 0.3) is 0 Å². The third-order valence-electron chi connectivity index (χ3n) is 2.65. The molecule has 17 heavy (non-hydrogen) atoms. The predicted octanol–water partition coefficient (Wildman–Crippen LogP) is 4.73. The third kappa shape index (κ3) is 3.77. The summed E-state index contributed by atoms with van der Waals surface area (Å²) in [6, 6.07) is 8.58. The SMILES string of the molecule is CC/C=C(\C(=C/CC)OC)c1ccc(C)cc1. The predicted molar refractivity (Wildman–Crippen MR) is 74.8 cm³/mol. The van der Waals surface area contributed by atoms with E-state index in [4.69, 9.17) is 4.74 Å². The quantitative estimate of drug-likeness (QED) is 0.525. The van der Waals surface area contributed by atoms with Crippen LogP contribution in [0.2, 0.25) is 0 Å². The van der Waals surface area contributed by atoms with Gasteiger partial charge >= 0.3 is 0 Å².